The van der Waals surface area contributed by atoms with Crippen molar-refractivity contribution in [2.24, 2.45) is 0 Å². The Kier molecular flexibility index (Phi) is 10.7. The lowest BCUT2D eigenvalue weighted by molar-refractivity contribution is -0.384. The van der Waals surface area contributed by atoms with E-state index in [-0.39, 0.29) is 56.6 Å². The topological polar surface area (TPSA) is 128 Å². The molecule has 0 radical (unpaired) electrons. The highest BCUT2D eigenvalue weighted by atomic mass is 19.1. The Morgan fingerprint density at radius 1 is 0.979 bits per heavy atom. The number of nitrogens with one attached hydrogen (secondary N) is 2. The molecule has 0 unspecified atom stereocenters. The van der Waals surface area contributed by atoms with Crippen LogP contribution in [-0.2, 0) is 29.1 Å². The van der Waals surface area contributed by atoms with Gasteiger partial charge in [0.1, 0.15) is 11.9 Å². The van der Waals surface area contributed by atoms with Gasteiger partial charge in [-0.2, -0.15) is 0 Å². The van der Waals surface area contributed by atoms with Crippen LogP contribution in [0.15, 0.2) is 91.0 Å². The Hall–Kier alpha value is -5.36. The van der Waals surface area contributed by atoms with Crippen molar-refractivity contribution in [2.75, 3.05) is 26.2 Å². The van der Waals surface area contributed by atoms with E-state index in [4.69, 9.17) is 0 Å². The van der Waals surface area contributed by atoms with Crippen LogP contribution in [0.5, 0.6) is 0 Å². The van der Waals surface area contributed by atoms with Crippen LogP contribution in [0, 0.1) is 15.9 Å². The summed E-state index contributed by atoms with van der Waals surface area (Å²) >= 11 is 0. The molecule has 1 heterocycles. The Morgan fingerprint density at radius 2 is 1.68 bits per heavy atom. The van der Waals surface area contributed by atoms with Gasteiger partial charge in [0, 0.05) is 51.3 Å². The third-order valence-electron chi connectivity index (χ3n) is 8.10. The summed E-state index contributed by atoms with van der Waals surface area (Å²) < 4.78 is 13.4. The second-order valence-corrected chi connectivity index (χ2v) is 11.4. The lowest BCUT2D eigenvalue weighted by atomic mass is 10.0. The molecule has 4 aromatic rings. The maximum atomic E-state index is 14.2. The first-order chi connectivity index (χ1) is 22.7. The second-order valence-electron chi connectivity index (χ2n) is 11.4. The number of non-ortho nitro benzene ring substituents is 1. The van der Waals surface area contributed by atoms with Gasteiger partial charge in [0.2, 0.25) is 11.8 Å². The number of carbonyl (C=O) groups excluding carboxylic acids is 3. The average molecular weight is 641 g/mol. The first-order valence-corrected chi connectivity index (χ1v) is 15.5. The molecule has 0 aromatic heterocycles. The molecule has 1 aliphatic heterocycles. The van der Waals surface area contributed by atoms with Gasteiger partial charge < -0.3 is 15.5 Å². The average Bonchev–Trinajstić information content (AvgIpc) is 3.12. The Balaban J connectivity index is 1.42. The van der Waals surface area contributed by atoms with Gasteiger partial charge in [0.05, 0.1) is 11.5 Å². The molecule has 0 aliphatic carbocycles. The molecule has 1 saturated heterocycles. The minimum Gasteiger partial charge on any atom is -0.343 e. The van der Waals surface area contributed by atoms with Crippen LogP contribution in [0.25, 0.3) is 10.8 Å². The number of halogens is 1. The summed E-state index contributed by atoms with van der Waals surface area (Å²) in [5.41, 5.74) is 2.24. The monoisotopic (exact) mass is 640 g/mol. The fourth-order valence-electron chi connectivity index (χ4n) is 5.69. The maximum absolute atomic E-state index is 14.2. The van der Waals surface area contributed by atoms with E-state index in [0.29, 0.717) is 18.5 Å². The molecule has 11 nitrogen and oxygen atoms in total. The van der Waals surface area contributed by atoms with E-state index < -0.39 is 22.9 Å². The number of nitro groups is 1. The number of fused-ring (bicyclic) bond motifs is 1. The summed E-state index contributed by atoms with van der Waals surface area (Å²) in [6.45, 7) is 2.94. The van der Waals surface area contributed by atoms with E-state index in [2.05, 4.69) is 10.6 Å². The molecule has 244 valence electrons. The number of nitro benzene ring substituents is 1. The lowest BCUT2D eigenvalue weighted by Gasteiger charge is -2.35. The van der Waals surface area contributed by atoms with Crippen LogP contribution in [-0.4, -0.2) is 69.9 Å². The second kappa shape index (κ2) is 15.3. The first kappa shape index (κ1) is 33.0. The van der Waals surface area contributed by atoms with Crippen molar-refractivity contribution in [3.63, 3.8) is 0 Å². The molecule has 1 aliphatic rings. The zero-order valence-corrected chi connectivity index (χ0v) is 26.1. The highest BCUT2D eigenvalue weighted by Crippen LogP contribution is 2.22. The minimum atomic E-state index is -0.939. The number of rotatable bonds is 10. The van der Waals surface area contributed by atoms with Crippen LogP contribution in [0.4, 0.5) is 14.9 Å². The van der Waals surface area contributed by atoms with Gasteiger partial charge in [0.15, 0.2) is 0 Å². The molecule has 0 bridgehead atoms. The van der Waals surface area contributed by atoms with Crippen molar-refractivity contribution in [3.8, 4) is 0 Å². The molecular formula is C35H37FN6O5. The SMILES string of the molecule is CCCN(C(=O)NCc1ccc(F)cc1)N1CCN(Cc2cccc3ccccc23)C(=O)[C@H](Cc2ccc([N+](=O)[O-])cc2)NC(=O)C1. The highest BCUT2D eigenvalue weighted by Gasteiger charge is 2.32. The highest BCUT2D eigenvalue weighted by molar-refractivity contribution is 5.90. The molecule has 2 N–H and O–H groups in total. The summed E-state index contributed by atoms with van der Waals surface area (Å²) in [6, 6.07) is 24.2. The van der Waals surface area contributed by atoms with Gasteiger partial charge >= 0.3 is 6.03 Å². The van der Waals surface area contributed by atoms with Crippen molar-refractivity contribution < 1.29 is 23.7 Å². The predicted molar refractivity (Wildman–Crippen MR) is 175 cm³/mol. The minimum absolute atomic E-state index is 0.0690. The first-order valence-electron chi connectivity index (χ1n) is 15.5. The van der Waals surface area contributed by atoms with Crippen molar-refractivity contribution in [1.82, 2.24) is 25.6 Å². The van der Waals surface area contributed by atoms with Crippen molar-refractivity contribution in [1.29, 1.82) is 0 Å². The standard InChI is InChI=1S/C35H37FN6O5/c1-2-18-41(35(45)37-22-26-10-14-29(36)15-11-26)40-20-19-39(23-28-8-5-7-27-6-3-4-9-31(27)28)34(44)32(38-33(43)24-40)21-25-12-16-30(17-13-25)42(46)47/h3-17,32H,2,18-24H2,1H3,(H,37,45)(H,38,43)/t32-/m0/s1. The Bertz CT molecular complexity index is 1730. The summed E-state index contributed by atoms with van der Waals surface area (Å²) in [7, 11) is 0. The molecule has 1 fully saturated rings. The third kappa shape index (κ3) is 8.47. The molecular weight excluding hydrogens is 603 g/mol. The number of hydrogen-bond donors (Lipinski definition) is 2. The number of hydrazine groups is 1. The van der Waals surface area contributed by atoms with Crippen molar-refractivity contribution in [2.45, 2.75) is 38.9 Å². The molecule has 5 rings (SSSR count). The van der Waals surface area contributed by atoms with Gasteiger partial charge in [-0.15, -0.1) is 0 Å². The van der Waals surface area contributed by atoms with Crippen LogP contribution < -0.4 is 10.6 Å². The smallest absolute Gasteiger partial charge is 0.332 e. The van der Waals surface area contributed by atoms with Crippen LogP contribution in [0.3, 0.4) is 0 Å². The lowest BCUT2D eigenvalue weighted by Crippen LogP contribution is -2.55. The summed E-state index contributed by atoms with van der Waals surface area (Å²) in [5, 5.41) is 22.1. The predicted octanol–water partition coefficient (Wildman–Crippen LogP) is 4.80. The van der Waals surface area contributed by atoms with Crippen LogP contribution in [0.2, 0.25) is 0 Å². The van der Waals surface area contributed by atoms with Crippen LogP contribution in [0.1, 0.15) is 30.0 Å². The quantitative estimate of drug-likeness (QED) is 0.190. The van der Waals surface area contributed by atoms with Gasteiger partial charge in [-0.25, -0.2) is 14.2 Å². The Morgan fingerprint density at radius 3 is 2.40 bits per heavy atom. The number of carbonyl (C=O) groups is 3. The van der Waals surface area contributed by atoms with Crippen molar-refractivity contribution >= 4 is 34.3 Å². The zero-order valence-electron chi connectivity index (χ0n) is 26.1. The zero-order chi connectivity index (χ0) is 33.3. The van der Waals surface area contributed by atoms with Gasteiger partial charge in [0.25, 0.3) is 5.69 Å². The largest absolute Gasteiger partial charge is 0.343 e. The number of urea groups is 1. The summed E-state index contributed by atoms with van der Waals surface area (Å²) in [4.78, 5) is 53.5. The Labute approximate surface area is 272 Å². The molecule has 1 atom stereocenters. The van der Waals surface area contributed by atoms with E-state index in [1.165, 1.54) is 29.3 Å². The number of benzene rings is 4. The normalized spacial score (nSPS) is 15.8. The van der Waals surface area contributed by atoms with Gasteiger partial charge in [-0.3, -0.25) is 24.7 Å². The molecule has 0 saturated carbocycles. The van der Waals surface area contributed by atoms with Gasteiger partial charge in [-0.1, -0.05) is 73.7 Å². The number of hydrogen-bond acceptors (Lipinski definition) is 6. The van der Waals surface area contributed by atoms with E-state index in [1.807, 2.05) is 49.4 Å². The number of amides is 4. The fourth-order valence-corrected chi connectivity index (χ4v) is 5.69. The molecule has 0 spiro atoms. The molecule has 4 aromatic carbocycles. The van der Waals surface area contributed by atoms with Crippen molar-refractivity contribution in [3.05, 3.63) is 124 Å². The maximum Gasteiger partial charge on any atom is 0.332 e. The summed E-state index contributed by atoms with van der Waals surface area (Å²) in [5.74, 6) is -1.11. The molecule has 4 amide bonds. The van der Waals surface area contributed by atoms with E-state index in [1.54, 1.807) is 34.2 Å². The molecule has 12 heteroatoms. The molecule has 47 heavy (non-hydrogen) atoms. The van der Waals surface area contributed by atoms with Crippen LogP contribution >= 0.6 is 0 Å². The van der Waals surface area contributed by atoms with Gasteiger partial charge in [-0.05, 0) is 46.0 Å². The third-order valence-corrected chi connectivity index (χ3v) is 8.10. The number of nitrogens with zero attached hydrogens (tertiary/aromatic N) is 4. The van der Waals surface area contributed by atoms with E-state index in [0.717, 1.165) is 21.9 Å². The summed E-state index contributed by atoms with van der Waals surface area (Å²) in [6.07, 6.45) is 0.745. The van der Waals surface area contributed by atoms with E-state index >= 15 is 0 Å². The fraction of sp³-hybridized carbons (Fsp3) is 0.286. The van der Waals surface area contributed by atoms with E-state index in [9.17, 15) is 28.9 Å².